The normalized spacial score (nSPS) is 16.3. The van der Waals surface area contributed by atoms with Crippen LogP contribution in [0, 0.1) is 5.92 Å². The highest BCUT2D eigenvalue weighted by Gasteiger charge is 2.34. The molecule has 0 saturated heterocycles. The van der Waals surface area contributed by atoms with Crippen LogP contribution >= 0.6 is 12.4 Å². The lowest BCUT2D eigenvalue weighted by atomic mass is 10.0. The Labute approximate surface area is 138 Å². The Balaban J connectivity index is 0.00000242. The first kappa shape index (κ1) is 18.7. The average molecular weight is 328 g/mol. The van der Waals surface area contributed by atoms with Crippen LogP contribution in [0.1, 0.15) is 37.3 Å². The fraction of sp³-hybridized carbons (Fsp3) is 0.562. The number of amides is 1. The van der Waals surface area contributed by atoms with Crippen LogP contribution in [0.3, 0.4) is 0 Å². The van der Waals surface area contributed by atoms with Gasteiger partial charge in [-0.05, 0) is 55.8 Å². The quantitative estimate of drug-likeness (QED) is 0.678. The van der Waals surface area contributed by atoms with Crippen molar-refractivity contribution in [2.75, 3.05) is 13.7 Å². The monoisotopic (exact) mass is 327 g/mol. The first-order valence-electron chi connectivity index (χ1n) is 7.55. The molecule has 1 aromatic carbocycles. The van der Waals surface area contributed by atoms with Crippen LogP contribution in [-0.4, -0.2) is 25.6 Å². The molecule has 0 heterocycles. The highest BCUT2D eigenvalue weighted by atomic mass is 35.5. The van der Waals surface area contributed by atoms with Crippen LogP contribution in [0.5, 0.6) is 5.75 Å². The third kappa shape index (κ3) is 5.16. The zero-order chi connectivity index (χ0) is 15.2. The summed E-state index contributed by atoms with van der Waals surface area (Å²) in [6.07, 6.45) is 3.69. The molecule has 6 heteroatoms. The van der Waals surface area contributed by atoms with E-state index in [4.69, 9.17) is 16.2 Å². The molecule has 1 aliphatic rings. The van der Waals surface area contributed by atoms with Crippen molar-refractivity contribution in [3.05, 3.63) is 29.8 Å². The lowest BCUT2D eigenvalue weighted by Gasteiger charge is -2.21. The van der Waals surface area contributed by atoms with Gasteiger partial charge in [0, 0.05) is 0 Å². The zero-order valence-electron chi connectivity index (χ0n) is 13.0. The molecule has 1 fully saturated rings. The van der Waals surface area contributed by atoms with E-state index in [1.807, 2.05) is 24.3 Å². The van der Waals surface area contributed by atoms with E-state index in [1.54, 1.807) is 7.11 Å². The van der Waals surface area contributed by atoms with Crippen molar-refractivity contribution in [3.8, 4) is 5.75 Å². The highest BCUT2D eigenvalue weighted by Crippen LogP contribution is 2.41. The molecular weight excluding hydrogens is 302 g/mol. The Morgan fingerprint density at radius 2 is 2.00 bits per heavy atom. The average Bonchev–Trinajstić information content (AvgIpc) is 3.34. The van der Waals surface area contributed by atoms with E-state index in [1.165, 1.54) is 0 Å². The van der Waals surface area contributed by atoms with Crippen LogP contribution in [0.2, 0.25) is 0 Å². The number of ether oxygens (including phenoxy) is 1. The molecule has 0 spiro atoms. The van der Waals surface area contributed by atoms with Gasteiger partial charge >= 0.3 is 0 Å². The Bertz CT molecular complexity index is 463. The van der Waals surface area contributed by atoms with E-state index in [9.17, 15) is 4.79 Å². The van der Waals surface area contributed by atoms with Gasteiger partial charge in [-0.25, -0.2) is 0 Å². The summed E-state index contributed by atoms with van der Waals surface area (Å²) in [7, 11) is 1.64. The fourth-order valence-corrected chi connectivity index (χ4v) is 2.44. The van der Waals surface area contributed by atoms with Crippen LogP contribution in [-0.2, 0) is 4.79 Å². The summed E-state index contributed by atoms with van der Waals surface area (Å²) in [6, 6.07) is 7.43. The predicted octanol–water partition coefficient (Wildman–Crippen LogP) is 1.75. The predicted molar refractivity (Wildman–Crippen MR) is 90.1 cm³/mol. The number of nitrogens with one attached hydrogen (secondary N) is 1. The smallest absolute Gasteiger partial charge is 0.237 e. The van der Waals surface area contributed by atoms with Gasteiger partial charge in [0.2, 0.25) is 5.91 Å². The van der Waals surface area contributed by atoms with Crippen LogP contribution in [0.25, 0.3) is 0 Å². The van der Waals surface area contributed by atoms with E-state index in [-0.39, 0.29) is 24.4 Å². The molecule has 1 saturated carbocycles. The Hall–Kier alpha value is -1.30. The molecular formula is C16H26ClN3O2. The van der Waals surface area contributed by atoms with Gasteiger partial charge < -0.3 is 21.5 Å². The number of methoxy groups -OCH3 is 1. The first-order valence-corrected chi connectivity index (χ1v) is 7.55. The third-order valence-corrected chi connectivity index (χ3v) is 3.92. The molecule has 2 atom stereocenters. The van der Waals surface area contributed by atoms with E-state index in [0.717, 1.165) is 30.6 Å². The van der Waals surface area contributed by atoms with Gasteiger partial charge in [0.1, 0.15) is 5.75 Å². The minimum Gasteiger partial charge on any atom is -0.497 e. The second-order valence-electron chi connectivity index (χ2n) is 5.63. The zero-order valence-corrected chi connectivity index (χ0v) is 13.8. The first-order chi connectivity index (χ1) is 10.2. The van der Waals surface area contributed by atoms with Crippen molar-refractivity contribution in [2.24, 2.45) is 17.4 Å². The molecule has 1 aliphatic carbocycles. The van der Waals surface area contributed by atoms with Crippen molar-refractivity contribution < 1.29 is 9.53 Å². The van der Waals surface area contributed by atoms with Crippen molar-refractivity contribution in [2.45, 2.75) is 37.8 Å². The van der Waals surface area contributed by atoms with Crippen LogP contribution < -0.4 is 21.5 Å². The fourth-order valence-electron chi connectivity index (χ4n) is 2.44. The minimum atomic E-state index is -0.479. The largest absolute Gasteiger partial charge is 0.497 e. The summed E-state index contributed by atoms with van der Waals surface area (Å²) >= 11 is 0. The molecule has 0 bridgehead atoms. The van der Waals surface area contributed by atoms with Gasteiger partial charge in [-0.3, -0.25) is 4.79 Å². The summed E-state index contributed by atoms with van der Waals surface area (Å²) in [5.74, 6) is 1.25. The van der Waals surface area contributed by atoms with Gasteiger partial charge in [0.15, 0.2) is 0 Å². The SMILES string of the molecule is COc1ccc(C(NC(=O)[C@@H](N)CCCN)C2CC2)cc1.Cl. The molecule has 5 nitrogen and oxygen atoms in total. The standard InChI is InChI=1S/C16H25N3O2.ClH/c1-21-13-8-6-12(7-9-13)15(11-4-5-11)19-16(20)14(18)3-2-10-17;/h6-9,11,14-15H,2-5,10,17-18H2,1H3,(H,19,20);1H/t14-,15?;/m0./s1. The number of nitrogens with two attached hydrogens (primary N) is 2. The minimum absolute atomic E-state index is 0. The molecule has 1 amide bonds. The van der Waals surface area contributed by atoms with Crippen molar-refractivity contribution >= 4 is 18.3 Å². The van der Waals surface area contributed by atoms with E-state index in [0.29, 0.717) is 18.9 Å². The van der Waals surface area contributed by atoms with Crippen molar-refractivity contribution in [3.63, 3.8) is 0 Å². The molecule has 0 aliphatic heterocycles. The van der Waals surface area contributed by atoms with Gasteiger partial charge in [-0.2, -0.15) is 0 Å². The molecule has 22 heavy (non-hydrogen) atoms. The summed E-state index contributed by atoms with van der Waals surface area (Å²) in [4.78, 5) is 12.2. The van der Waals surface area contributed by atoms with Crippen molar-refractivity contribution in [1.29, 1.82) is 0 Å². The maximum atomic E-state index is 12.2. The molecule has 0 aromatic heterocycles. The van der Waals surface area contributed by atoms with Crippen molar-refractivity contribution in [1.82, 2.24) is 5.32 Å². The number of hydrogen-bond acceptors (Lipinski definition) is 4. The number of rotatable bonds is 8. The van der Waals surface area contributed by atoms with Gasteiger partial charge in [-0.15, -0.1) is 12.4 Å². The van der Waals surface area contributed by atoms with Gasteiger partial charge in [-0.1, -0.05) is 12.1 Å². The summed E-state index contributed by atoms with van der Waals surface area (Å²) < 4.78 is 5.17. The lowest BCUT2D eigenvalue weighted by Crippen LogP contribution is -2.43. The molecule has 124 valence electrons. The van der Waals surface area contributed by atoms with Crippen LogP contribution in [0.15, 0.2) is 24.3 Å². The maximum Gasteiger partial charge on any atom is 0.237 e. The Morgan fingerprint density at radius 1 is 1.36 bits per heavy atom. The number of benzene rings is 1. The molecule has 1 aromatic rings. The maximum absolute atomic E-state index is 12.2. The Kier molecular flexibility index (Phi) is 7.65. The van der Waals surface area contributed by atoms with E-state index < -0.39 is 6.04 Å². The Morgan fingerprint density at radius 3 is 2.50 bits per heavy atom. The lowest BCUT2D eigenvalue weighted by molar-refractivity contribution is -0.123. The van der Waals surface area contributed by atoms with Crippen LogP contribution in [0.4, 0.5) is 0 Å². The molecule has 1 unspecified atom stereocenters. The van der Waals surface area contributed by atoms with Gasteiger partial charge in [0.05, 0.1) is 19.2 Å². The number of hydrogen-bond donors (Lipinski definition) is 3. The number of halogens is 1. The molecule has 0 radical (unpaired) electrons. The number of carbonyl (C=O) groups excluding carboxylic acids is 1. The second-order valence-corrected chi connectivity index (χ2v) is 5.63. The summed E-state index contributed by atoms with van der Waals surface area (Å²) in [6.45, 7) is 0.561. The number of carbonyl (C=O) groups is 1. The van der Waals surface area contributed by atoms with Gasteiger partial charge in [0.25, 0.3) is 0 Å². The second kappa shape index (κ2) is 8.98. The molecule has 2 rings (SSSR count). The molecule has 5 N–H and O–H groups in total. The van der Waals surface area contributed by atoms with E-state index >= 15 is 0 Å². The third-order valence-electron chi connectivity index (χ3n) is 3.92. The highest BCUT2D eigenvalue weighted by molar-refractivity contribution is 5.85. The summed E-state index contributed by atoms with van der Waals surface area (Å²) in [5, 5.41) is 3.10. The summed E-state index contributed by atoms with van der Waals surface area (Å²) in [5.41, 5.74) is 12.5. The topological polar surface area (TPSA) is 90.4 Å². The van der Waals surface area contributed by atoms with E-state index in [2.05, 4.69) is 5.32 Å².